The third kappa shape index (κ3) is 3.09. The van der Waals surface area contributed by atoms with Gasteiger partial charge in [-0.05, 0) is 0 Å². The van der Waals surface area contributed by atoms with E-state index in [1.165, 1.54) is 0 Å². The van der Waals surface area contributed by atoms with Crippen molar-refractivity contribution < 1.29 is 27.6 Å². The van der Waals surface area contributed by atoms with Gasteiger partial charge in [0.25, 0.3) is 17.2 Å². The summed E-state index contributed by atoms with van der Waals surface area (Å²) in [6.07, 6.45) is -5.11. The van der Waals surface area contributed by atoms with E-state index in [-0.39, 0.29) is 0 Å². The lowest BCUT2D eigenvalue weighted by Crippen LogP contribution is -2.21. The van der Waals surface area contributed by atoms with Gasteiger partial charge in [0, 0.05) is 0 Å². The van der Waals surface area contributed by atoms with Gasteiger partial charge >= 0.3 is 12.0 Å². The number of methoxy groups -OCH3 is 1. The SMILES string of the molecule is COc1c([N+](=O)[O-])cc(=O)[nH]c1OC(F)(F)F. The number of aromatic amines is 1. The van der Waals surface area contributed by atoms with Crippen LogP contribution in [0.2, 0.25) is 0 Å². The van der Waals surface area contributed by atoms with Gasteiger partial charge in [0.05, 0.1) is 18.1 Å². The molecule has 0 aliphatic heterocycles. The molecule has 0 aliphatic carbocycles. The van der Waals surface area contributed by atoms with Crippen molar-refractivity contribution in [3.8, 4) is 11.6 Å². The van der Waals surface area contributed by atoms with Crippen LogP contribution in [-0.4, -0.2) is 23.4 Å². The number of hydrogen-bond acceptors (Lipinski definition) is 5. The van der Waals surface area contributed by atoms with Gasteiger partial charge in [-0.3, -0.25) is 19.9 Å². The van der Waals surface area contributed by atoms with Crippen LogP contribution >= 0.6 is 0 Å². The molecule has 0 bridgehead atoms. The van der Waals surface area contributed by atoms with Gasteiger partial charge in [0.2, 0.25) is 0 Å². The van der Waals surface area contributed by atoms with E-state index in [0.717, 1.165) is 7.11 Å². The minimum atomic E-state index is -5.11. The molecule has 17 heavy (non-hydrogen) atoms. The highest BCUT2D eigenvalue weighted by molar-refractivity contribution is 5.51. The van der Waals surface area contributed by atoms with Crippen LogP contribution in [0.15, 0.2) is 10.9 Å². The van der Waals surface area contributed by atoms with E-state index in [1.54, 1.807) is 4.98 Å². The maximum absolute atomic E-state index is 12.0. The zero-order valence-corrected chi connectivity index (χ0v) is 8.20. The Bertz CT molecular complexity index is 495. The minimum Gasteiger partial charge on any atom is -0.486 e. The molecular formula is C7H5F3N2O5. The monoisotopic (exact) mass is 254 g/mol. The molecule has 1 N–H and O–H groups in total. The average Bonchev–Trinajstić information content (AvgIpc) is 2.14. The summed E-state index contributed by atoms with van der Waals surface area (Å²) >= 11 is 0. The molecule has 0 amide bonds. The molecule has 0 aliphatic rings. The van der Waals surface area contributed by atoms with Crippen molar-refractivity contribution in [2.75, 3.05) is 7.11 Å². The van der Waals surface area contributed by atoms with Crippen LogP contribution in [0.25, 0.3) is 0 Å². The first-order valence-corrected chi connectivity index (χ1v) is 3.96. The second-order valence-corrected chi connectivity index (χ2v) is 2.69. The van der Waals surface area contributed by atoms with Gasteiger partial charge in [-0.1, -0.05) is 0 Å². The van der Waals surface area contributed by atoms with Gasteiger partial charge in [-0.2, -0.15) is 0 Å². The Kier molecular flexibility index (Phi) is 3.25. The summed E-state index contributed by atoms with van der Waals surface area (Å²) in [5.41, 5.74) is -2.03. The van der Waals surface area contributed by atoms with Crippen LogP contribution in [0.3, 0.4) is 0 Å². The fraction of sp³-hybridized carbons (Fsp3) is 0.286. The third-order valence-electron chi connectivity index (χ3n) is 1.56. The number of nitrogens with one attached hydrogen (secondary N) is 1. The van der Waals surface area contributed by atoms with Crippen LogP contribution in [0.1, 0.15) is 0 Å². The Morgan fingerprint density at radius 2 is 2.06 bits per heavy atom. The lowest BCUT2D eigenvalue weighted by atomic mass is 10.3. The summed E-state index contributed by atoms with van der Waals surface area (Å²) in [5, 5.41) is 10.5. The number of nitrogens with zero attached hydrogens (tertiary/aromatic N) is 1. The van der Waals surface area contributed by atoms with Crippen molar-refractivity contribution in [1.82, 2.24) is 4.98 Å². The van der Waals surface area contributed by atoms with E-state index in [0.29, 0.717) is 6.07 Å². The van der Waals surface area contributed by atoms with Gasteiger partial charge in [0.15, 0.2) is 0 Å². The van der Waals surface area contributed by atoms with Crippen molar-refractivity contribution in [3.63, 3.8) is 0 Å². The second kappa shape index (κ2) is 4.31. The predicted molar refractivity (Wildman–Crippen MR) is 47.0 cm³/mol. The number of ether oxygens (including phenoxy) is 2. The first kappa shape index (κ1) is 12.8. The smallest absolute Gasteiger partial charge is 0.486 e. The summed E-state index contributed by atoms with van der Waals surface area (Å²) < 4.78 is 43.7. The number of nitro groups is 1. The van der Waals surface area contributed by atoms with Gasteiger partial charge in [-0.15, -0.1) is 13.2 Å². The van der Waals surface area contributed by atoms with E-state index in [4.69, 9.17) is 0 Å². The molecule has 0 unspecified atom stereocenters. The first-order valence-electron chi connectivity index (χ1n) is 3.96. The lowest BCUT2D eigenvalue weighted by molar-refractivity contribution is -0.386. The molecule has 1 heterocycles. The molecule has 0 atom stereocenters. The Morgan fingerprint density at radius 3 is 2.47 bits per heavy atom. The molecule has 1 rings (SSSR count). The number of alkyl halides is 3. The maximum atomic E-state index is 12.0. The fourth-order valence-corrected chi connectivity index (χ4v) is 1.03. The molecule has 1 aromatic heterocycles. The van der Waals surface area contributed by atoms with Crippen LogP contribution in [0, 0.1) is 10.1 Å². The summed E-state index contributed by atoms with van der Waals surface area (Å²) in [4.78, 5) is 22.0. The number of rotatable bonds is 3. The normalized spacial score (nSPS) is 11.1. The molecule has 0 spiro atoms. The largest absolute Gasteiger partial charge is 0.574 e. The Morgan fingerprint density at radius 1 is 1.47 bits per heavy atom. The second-order valence-electron chi connectivity index (χ2n) is 2.69. The van der Waals surface area contributed by atoms with Crippen LogP contribution < -0.4 is 15.0 Å². The molecule has 1 aromatic rings. The zero-order chi connectivity index (χ0) is 13.2. The van der Waals surface area contributed by atoms with Crippen LogP contribution in [-0.2, 0) is 0 Å². The zero-order valence-electron chi connectivity index (χ0n) is 8.20. The Hall–Kier alpha value is -2.26. The third-order valence-corrected chi connectivity index (χ3v) is 1.56. The highest BCUT2D eigenvalue weighted by atomic mass is 19.4. The quantitative estimate of drug-likeness (QED) is 0.645. The van der Waals surface area contributed by atoms with Gasteiger partial charge in [0.1, 0.15) is 0 Å². The van der Waals surface area contributed by atoms with Crippen LogP contribution in [0.4, 0.5) is 18.9 Å². The molecular weight excluding hydrogens is 249 g/mol. The van der Waals surface area contributed by atoms with Crippen molar-refractivity contribution >= 4 is 5.69 Å². The molecule has 0 aromatic carbocycles. The summed E-state index contributed by atoms with van der Waals surface area (Å²) in [5.74, 6) is -1.98. The van der Waals surface area contributed by atoms with Gasteiger partial charge < -0.3 is 9.47 Å². The van der Waals surface area contributed by atoms with Crippen LogP contribution in [0.5, 0.6) is 11.6 Å². The number of H-pyrrole nitrogens is 1. The molecule has 94 valence electrons. The number of halogens is 3. The maximum Gasteiger partial charge on any atom is 0.574 e. The fourth-order valence-electron chi connectivity index (χ4n) is 1.03. The van der Waals surface area contributed by atoms with E-state index < -0.39 is 34.2 Å². The predicted octanol–water partition coefficient (Wildman–Crippen LogP) is 1.19. The minimum absolute atomic E-state index is 0.488. The average molecular weight is 254 g/mol. The van der Waals surface area contributed by atoms with E-state index >= 15 is 0 Å². The van der Waals surface area contributed by atoms with E-state index in [9.17, 15) is 28.1 Å². The van der Waals surface area contributed by atoms with Gasteiger partial charge in [-0.25, -0.2) is 0 Å². The standard InChI is InChI=1S/C7H5F3N2O5/c1-16-5-3(12(14)15)2-4(13)11-6(5)17-7(8,9)10/h2H,1H3,(H,11,13). The number of pyridine rings is 1. The molecule has 0 saturated carbocycles. The molecule has 7 nitrogen and oxygen atoms in total. The molecule has 0 saturated heterocycles. The molecule has 0 radical (unpaired) electrons. The van der Waals surface area contributed by atoms with E-state index in [2.05, 4.69) is 9.47 Å². The van der Waals surface area contributed by atoms with Crippen molar-refractivity contribution in [3.05, 3.63) is 26.5 Å². The Labute approximate surface area is 90.9 Å². The van der Waals surface area contributed by atoms with Crippen molar-refractivity contribution in [2.45, 2.75) is 6.36 Å². The number of hydrogen-bond donors (Lipinski definition) is 1. The van der Waals surface area contributed by atoms with E-state index in [1.807, 2.05) is 0 Å². The first-order chi connectivity index (χ1) is 7.74. The summed E-state index contributed by atoms with van der Waals surface area (Å²) in [6.45, 7) is 0. The number of aromatic nitrogens is 1. The molecule has 0 fully saturated rings. The highest BCUT2D eigenvalue weighted by Crippen LogP contribution is 2.35. The van der Waals surface area contributed by atoms with Crippen molar-refractivity contribution in [2.24, 2.45) is 0 Å². The molecule has 10 heteroatoms. The lowest BCUT2D eigenvalue weighted by Gasteiger charge is -2.11. The Balaban J connectivity index is 3.38. The summed E-state index contributed by atoms with van der Waals surface area (Å²) in [7, 11) is 0.907. The topological polar surface area (TPSA) is 94.5 Å². The highest BCUT2D eigenvalue weighted by Gasteiger charge is 2.35. The van der Waals surface area contributed by atoms with Crippen molar-refractivity contribution in [1.29, 1.82) is 0 Å². The summed E-state index contributed by atoms with van der Waals surface area (Å²) in [6, 6.07) is 0.488.